The smallest absolute Gasteiger partial charge is 0.349 e. The second-order valence-electron chi connectivity index (χ2n) is 5.52. The zero-order chi connectivity index (χ0) is 15.9. The molecule has 0 radical (unpaired) electrons. The average Bonchev–Trinajstić information content (AvgIpc) is 2.91. The van der Waals surface area contributed by atoms with Crippen molar-refractivity contribution in [1.29, 1.82) is 0 Å². The topological polar surface area (TPSA) is 60.4 Å². The van der Waals surface area contributed by atoms with Gasteiger partial charge >= 0.3 is 5.97 Å². The summed E-state index contributed by atoms with van der Waals surface area (Å²) in [5.74, 6) is 0.206. The summed E-state index contributed by atoms with van der Waals surface area (Å²) < 4.78 is 29.2. The van der Waals surface area contributed by atoms with E-state index in [1.54, 1.807) is 5.38 Å². The van der Waals surface area contributed by atoms with Crippen LogP contribution in [0.2, 0.25) is 0 Å². The summed E-state index contributed by atoms with van der Waals surface area (Å²) in [6, 6.07) is 1.49. The fraction of sp³-hybridized carbons (Fsp3) is 0.667. The van der Waals surface area contributed by atoms with Gasteiger partial charge in [-0.3, -0.25) is 0 Å². The van der Waals surface area contributed by atoms with Gasteiger partial charge in [-0.05, 0) is 23.8 Å². The van der Waals surface area contributed by atoms with Gasteiger partial charge in [0.2, 0.25) is 0 Å². The van der Waals surface area contributed by atoms with Crippen molar-refractivity contribution in [2.45, 2.75) is 50.8 Å². The highest BCUT2D eigenvalue weighted by Crippen LogP contribution is 2.24. The molecule has 120 valence electrons. The second kappa shape index (κ2) is 8.54. The Morgan fingerprint density at radius 2 is 1.90 bits per heavy atom. The maximum atomic E-state index is 12.3. The fourth-order valence-electron chi connectivity index (χ4n) is 2.09. The Bertz CT molecular complexity index is 544. The summed E-state index contributed by atoms with van der Waals surface area (Å²) in [4.78, 5) is 11.8. The molecule has 0 atom stereocenters. The second-order valence-corrected chi connectivity index (χ2v) is 8.51. The minimum atomic E-state index is -3.40. The van der Waals surface area contributed by atoms with Crippen LogP contribution in [0.4, 0.5) is 0 Å². The molecule has 0 bridgehead atoms. The maximum Gasteiger partial charge on any atom is 0.349 e. The molecular formula is C15H24O4S2. The van der Waals surface area contributed by atoms with Crippen molar-refractivity contribution >= 4 is 27.1 Å². The van der Waals surface area contributed by atoms with E-state index in [9.17, 15) is 13.2 Å². The van der Waals surface area contributed by atoms with Crippen molar-refractivity contribution < 1.29 is 17.9 Å². The lowest BCUT2D eigenvalue weighted by Gasteiger charge is -2.06. The standard InChI is InChI=1S/C15H24O4S2/c1-12(2)8-6-4-5-7-11-21(17,18)13-9-10-20-14(13)15(16)19-3/h9-10,12H,4-8,11H2,1-3H3. The molecule has 0 aliphatic heterocycles. The van der Waals surface area contributed by atoms with Crippen LogP contribution in [0, 0.1) is 5.92 Å². The molecule has 0 aromatic carbocycles. The number of methoxy groups -OCH3 is 1. The number of thiophene rings is 1. The van der Waals surface area contributed by atoms with Crippen molar-refractivity contribution in [2.75, 3.05) is 12.9 Å². The predicted molar refractivity (Wildman–Crippen MR) is 85.6 cm³/mol. The van der Waals surface area contributed by atoms with E-state index in [1.807, 2.05) is 0 Å². The van der Waals surface area contributed by atoms with E-state index in [2.05, 4.69) is 18.6 Å². The van der Waals surface area contributed by atoms with Crippen LogP contribution < -0.4 is 0 Å². The first-order valence-electron chi connectivity index (χ1n) is 7.27. The Morgan fingerprint density at radius 1 is 1.24 bits per heavy atom. The molecule has 0 saturated heterocycles. The van der Waals surface area contributed by atoms with Crippen molar-refractivity contribution in [3.05, 3.63) is 16.3 Å². The van der Waals surface area contributed by atoms with Crippen molar-refractivity contribution in [1.82, 2.24) is 0 Å². The first-order chi connectivity index (χ1) is 9.88. The minimum Gasteiger partial charge on any atom is -0.465 e. The monoisotopic (exact) mass is 332 g/mol. The molecule has 0 N–H and O–H groups in total. The highest BCUT2D eigenvalue weighted by molar-refractivity contribution is 7.91. The Hall–Kier alpha value is -0.880. The van der Waals surface area contributed by atoms with Crippen LogP contribution in [0.25, 0.3) is 0 Å². The van der Waals surface area contributed by atoms with Gasteiger partial charge in [0.25, 0.3) is 0 Å². The lowest BCUT2D eigenvalue weighted by Crippen LogP contribution is -2.11. The summed E-state index contributed by atoms with van der Waals surface area (Å²) in [6.07, 6.45) is 4.93. The number of ether oxygens (including phenoxy) is 1. The van der Waals surface area contributed by atoms with Gasteiger partial charge < -0.3 is 4.74 Å². The van der Waals surface area contributed by atoms with Gasteiger partial charge in [-0.25, -0.2) is 13.2 Å². The molecule has 1 aromatic rings. The Kier molecular flexibility index (Phi) is 7.39. The van der Waals surface area contributed by atoms with Gasteiger partial charge in [-0.15, -0.1) is 11.3 Å². The van der Waals surface area contributed by atoms with Gasteiger partial charge in [0.05, 0.1) is 17.8 Å². The third-order valence-electron chi connectivity index (χ3n) is 3.28. The number of unbranched alkanes of at least 4 members (excludes halogenated alkanes) is 3. The van der Waals surface area contributed by atoms with E-state index in [4.69, 9.17) is 0 Å². The van der Waals surface area contributed by atoms with E-state index in [-0.39, 0.29) is 15.5 Å². The highest BCUT2D eigenvalue weighted by atomic mass is 32.2. The molecule has 0 saturated carbocycles. The van der Waals surface area contributed by atoms with Gasteiger partial charge in [-0.2, -0.15) is 0 Å². The van der Waals surface area contributed by atoms with Crippen LogP contribution in [0.5, 0.6) is 0 Å². The van der Waals surface area contributed by atoms with Crippen LogP contribution in [0.15, 0.2) is 16.3 Å². The van der Waals surface area contributed by atoms with E-state index in [0.29, 0.717) is 12.3 Å². The van der Waals surface area contributed by atoms with Crippen LogP contribution >= 0.6 is 11.3 Å². The fourth-order valence-corrected chi connectivity index (χ4v) is 4.85. The van der Waals surface area contributed by atoms with Crippen LogP contribution in [-0.4, -0.2) is 27.2 Å². The van der Waals surface area contributed by atoms with Crippen LogP contribution in [0.3, 0.4) is 0 Å². The summed E-state index contributed by atoms with van der Waals surface area (Å²) in [5.41, 5.74) is 0. The molecule has 0 fully saturated rings. The normalized spacial score (nSPS) is 11.8. The lowest BCUT2D eigenvalue weighted by molar-refractivity contribution is 0.0602. The number of carbonyl (C=O) groups is 1. The number of rotatable bonds is 9. The minimum absolute atomic E-state index is 0.0927. The molecule has 1 aromatic heterocycles. The Labute approximate surface area is 131 Å². The van der Waals surface area contributed by atoms with Crippen LogP contribution in [0.1, 0.15) is 55.6 Å². The number of hydrogen-bond donors (Lipinski definition) is 0. The zero-order valence-electron chi connectivity index (χ0n) is 12.9. The molecule has 0 aliphatic carbocycles. The van der Waals surface area contributed by atoms with E-state index in [0.717, 1.165) is 30.6 Å². The lowest BCUT2D eigenvalue weighted by atomic mass is 10.0. The third kappa shape index (κ3) is 5.79. The Balaban J connectivity index is 2.51. The first-order valence-corrected chi connectivity index (χ1v) is 9.80. The average molecular weight is 332 g/mol. The van der Waals surface area contributed by atoms with Gasteiger partial charge in [-0.1, -0.05) is 39.5 Å². The summed E-state index contributed by atoms with van der Waals surface area (Å²) in [5, 5.41) is 1.61. The summed E-state index contributed by atoms with van der Waals surface area (Å²) >= 11 is 1.11. The molecule has 21 heavy (non-hydrogen) atoms. The van der Waals surface area contributed by atoms with E-state index in [1.165, 1.54) is 19.6 Å². The predicted octanol–water partition coefficient (Wildman–Crippen LogP) is 3.91. The quantitative estimate of drug-likeness (QED) is 0.508. The molecule has 1 heterocycles. The molecule has 0 amide bonds. The third-order valence-corrected chi connectivity index (χ3v) is 6.14. The zero-order valence-corrected chi connectivity index (χ0v) is 14.6. The van der Waals surface area contributed by atoms with Gasteiger partial charge in [0, 0.05) is 0 Å². The molecule has 4 nitrogen and oxygen atoms in total. The molecule has 1 rings (SSSR count). The molecule has 0 spiro atoms. The largest absolute Gasteiger partial charge is 0.465 e. The number of carbonyl (C=O) groups excluding carboxylic acids is 1. The Morgan fingerprint density at radius 3 is 2.52 bits per heavy atom. The number of hydrogen-bond acceptors (Lipinski definition) is 5. The van der Waals surface area contributed by atoms with Crippen molar-refractivity contribution in [3.63, 3.8) is 0 Å². The van der Waals surface area contributed by atoms with Crippen molar-refractivity contribution in [2.24, 2.45) is 5.92 Å². The number of esters is 1. The maximum absolute atomic E-state index is 12.3. The first kappa shape index (κ1) is 18.2. The summed E-state index contributed by atoms with van der Waals surface area (Å²) in [6.45, 7) is 4.38. The van der Waals surface area contributed by atoms with E-state index < -0.39 is 15.8 Å². The van der Waals surface area contributed by atoms with Crippen LogP contribution in [-0.2, 0) is 14.6 Å². The van der Waals surface area contributed by atoms with Gasteiger partial charge in [0.15, 0.2) is 9.84 Å². The van der Waals surface area contributed by atoms with E-state index >= 15 is 0 Å². The number of sulfone groups is 1. The SMILES string of the molecule is COC(=O)c1sccc1S(=O)(=O)CCCCCCC(C)C. The molecule has 0 unspecified atom stereocenters. The van der Waals surface area contributed by atoms with Gasteiger partial charge in [0.1, 0.15) is 4.88 Å². The molecule has 6 heteroatoms. The summed E-state index contributed by atoms with van der Waals surface area (Å²) in [7, 11) is -2.14. The molecular weight excluding hydrogens is 308 g/mol. The molecule has 0 aliphatic rings. The highest BCUT2D eigenvalue weighted by Gasteiger charge is 2.24. The van der Waals surface area contributed by atoms with Crippen molar-refractivity contribution in [3.8, 4) is 0 Å².